The van der Waals surface area contributed by atoms with Crippen LogP contribution in [0, 0.1) is 12.7 Å². The van der Waals surface area contributed by atoms with Crippen molar-refractivity contribution in [1.82, 2.24) is 4.90 Å². The lowest BCUT2D eigenvalue weighted by atomic mass is 10.1. The Labute approximate surface area is 150 Å². The number of amides is 2. The Hall–Kier alpha value is -2.40. The summed E-state index contributed by atoms with van der Waals surface area (Å²) in [6, 6.07) is 10.2. The van der Waals surface area contributed by atoms with Crippen molar-refractivity contribution in [2.24, 2.45) is 0 Å². The number of hydrogen-bond donors (Lipinski definition) is 0. The molecular weight excluding hydrogens is 343 g/mol. The van der Waals surface area contributed by atoms with Crippen LogP contribution < -0.4 is 4.90 Å². The van der Waals surface area contributed by atoms with Crippen molar-refractivity contribution in [3.63, 3.8) is 0 Å². The highest BCUT2D eigenvalue weighted by Gasteiger charge is 2.35. The van der Waals surface area contributed by atoms with E-state index in [1.165, 1.54) is 23.1 Å². The molecule has 1 fully saturated rings. The van der Waals surface area contributed by atoms with Crippen LogP contribution in [0.2, 0.25) is 5.02 Å². The third-order valence-electron chi connectivity index (χ3n) is 4.44. The highest BCUT2D eigenvalue weighted by molar-refractivity contribution is 6.30. The van der Waals surface area contributed by atoms with E-state index >= 15 is 0 Å². The molecule has 4 nitrogen and oxygen atoms in total. The number of anilines is 1. The Balaban J connectivity index is 1.83. The normalized spacial score (nSPS) is 17.8. The molecule has 25 heavy (non-hydrogen) atoms. The van der Waals surface area contributed by atoms with Gasteiger partial charge in [0.25, 0.3) is 5.91 Å². The molecule has 1 aliphatic heterocycles. The van der Waals surface area contributed by atoms with Gasteiger partial charge in [0, 0.05) is 29.4 Å². The van der Waals surface area contributed by atoms with Gasteiger partial charge in [0.1, 0.15) is 11.9 Å². The molecule has 1 saturated heterocycles. The fourth-order valence-electron chi connectivity index (χ4n) is 3.10. The third kappa shape index (κ3) is 3.37. The maximum Gasteiger partial charge on any atom is 0.254 e. The molecule has 130 valence electrons. The minimum atomic E-state index is -0.625. The summed E-state index contributed by atoms with van der Waals surface area (Å²) < 4.78 is 13.4. The van der Waals surface area contributed by atoms with Crippen LogP contribution in [0.15, 0.2) is 42.5 Å². The first-order valence-corrected chi connectivity index (χ1v) is 8.40. The molecule has 6 heteroatoms. The van der Waals surface area contributed by atoms with Crippen LogP contribution in [0.3, 0.4) is 0 Å². The quantitative estimate of drug-likeness (QED) is 0.820. The smallest absolute Gasteiger partial charge is 0.254 e. The van der Waals surface area contributed by atoms with Crippen LogP contribution in [0.5, 0.6) is 0 Å². The van der Waals surface area contributed by atoms with E-state index in [1.807, 2.05) is 13.0 Å². The second kappa shape index (κ2) is 6.84. The van der Waals surface area contributed by atoms with Crippen LogP contribution in [0.25, 0.3) is 0 Å². The molecule has 1 atom stereocenters. The fraction of sp³-hybridized carbons (Fsp3) is 0.263. The lowest BCUT2D eigenvalue weighted by Gasteiger charge is -2.39. The molecule has 2 amide bonds. The van der Waals surface area contributed by atoms with Crippen LogP contribution in [0.1, 0.15) is 22.8 Å². The van der Waals surface area contributed by atoms with Gasteiger partial charge in [-0.15, -0.1) is 0 Å². The average Bonchev–Trinajstić information content (AvgIpc) is 2.57. The summed E-state index contributed by atoms with van der Waals surface area (Å²) in [6.07, 6.45) is 0. The Bertz CT molecular complexity index is 840. The van der Waals surface area contributed by atoms with Crippen molar-refractivity contribution >= 4 is 29.1 Å². The first kappa shape index (κ1) is 17.4. The first-order chi connectivity index (χ1) is 11.9. The van der Waals surface area contributed by atoms with Gasteiger partial charge < -0.3 is 9.80 Å². The summed E-state index contributed by atoms with van der Waals surface area (Å²) >= 11 is 5.98. The Morgan fingerprint density at radius 2 is 1.96 bits per heavy atom. The largest absolute Gasteiger partial charge is 0.325 e. The number of piperazine rings is 1. The third-order valence-corrected chi connectivity index (χ3v) is 4.67. The molecule has 2 aromatic rings. The molecule has 1 unspecified atom stereocenters. The van der Waals surface area contributed by atoms with Crippen LogP contribution >= 0.6 is 11.6 Å². The van der Waals surface area contributed by atoms with Gasteiger partial charge in [-0.2, -0.15) is 0 Å². The van der Waals surface area contributed by atoms with Gasteiger partial charge in [0.05, 0.1) is 0 Å². The molecular formula is C19H18ClFN2O2. The molecule has 0 aromatic heterocycles. The molecule has 0 radical (unpaired) electrons. The van der Waals surface area contributed by atoms with Gasteiger partial charge >= 0.3 is 0 Å². The van der Waals surface area contributed by atoms with E-state index in [1.54, 1.807) is 30.0 Å². The number of aryl methyl sites for hydroxylation is 1. The van der Waals surface area contributed by atoms with E-state index in [2.05, 4.69) is 0 Å². The number of carbonyl (C=O) groups is 2. The van der Waals surface area contributed by atoms with Crippen molar-refractivity contribution in [2.75, 3.05) is 18.0 Å². The number of halogens is 2. The second-order valence-corrected chi connectivity index (χ2v) is 6.54. The van der Waals surface area contributed by atoms with Crippen LogP contribution in [-0.4, -0.2) is 35.8 Å². The molecule has 1 heterocycles. The topological polar surface area (TPSA) is 40.6 Å². The Kier molecular flexibility index (Phi) is 4.77. The van der Waals surface area contributed by atoms with E-state index in [0.29, 0.717) is 18.1 Å². The van der Waals surface area contributed by atoms with Crippen LogP contribution in [-0.2, 0) is 4.79 Å². The molecule has 3 rings (SSSR count). The minimum Gasteiger partial charge on any atom is -0.325 e. The van der Waals surface area contributed by atoms with E-state index in [4.69, 9.17) is 11.6 Å². The molecule has 0 spiro atoms. The lowest BCUT2D eigenvalue weighted by molar-refractivity contribution is -0.124. The summed E-state index contributed by atoms with van der Waals surface area (Å²) in [5, 5.41) is 0.613. The number of benzene rings is 2. The fourth-order valence-corrected chi connectivity index (χ4v) is 3.32. The summed E-state index contributed by atoms with van der Waals surface area (Å²) in [7, 11) is 0. The molecule has 2 aromatic carbocycles. The highest BCUT2D eigenvalue weighted by atomic mass is 35.5. The van der Waals surface area contributed by atoms with Gasteiger partial charge in [-0.1, -0.05) is 17.7 Å². The number of hydrogen-bond acceptors (Lipinski definition) is 2. The van der Waals surface area contributed by atoms with Crippen molar-refractivity contribution in [3.8, 4) is 0 Å². The van der Waals surface area contributed by atoms with Crippen molar-refractivity contribution in [2.45, 2.75) is 19.9 Å². The van der Waals surface area contributed by atoms with Gasteiger partial charge in [-0.25, -0.2) is 4.39 Å². The SMILES string of the molecule is Cc1cc(Cl)ccc1N1CCN(C(=O)c2cccc(F)c2)C(C)C1=O. The van der Waals surface area contributed by atoms with Gasteiger partial charge in [0.15, 0.2) is 0 Å². The van der Waals surface area contributed by atoms with Gasteiger partial charge in [0.2, 0.25) is 5.91 Å². The molecule has 0 bridgehead atoms. The van der Waals surface area contributed by atoms with Crippen LogP contribution in [0.4, 0.5) is 10.1 Å². The van der Waals surface area contributed by atoms with Gasteiger partial charge in [-0.05, 0) is 55.8 Å². The predicted octanol–water partition coefficient (Wildman–Crippen LogP) is 3.67. The van der Waals surface area contributed by atoms with Crippen molar-refractivity contribution in [3.05, 3.63) is 64.4 Å². The average molecular weight is 361 g/mol. The lowest BCUT2D eigenvalue weighted by Crippen LogP contribution is -2.58. The summed E-state index contributed by atoms with van der Waals surface area (Å²) in [6.45, 7) is 4.34. The van der Waals surface area contributed by atoms with E-state index in [-0.39, 0.29) is 17.4 Å². The first-order valence-electron chi connectivity index (χ1n) is 8.02. The summed E-state index contributed by atoms with van der Waals surface area (Å²) in [4.78, 5) is 28.6. The minimum absolute atomic E-state index is 0.165. The molecule has 0 saturated carbocycles. The van der Waals surface area contributed by atoms with Crippen molar-refractivity contribution in [1.29, 1.82) is 0 Å². The number of carbonyl (C=O) groups excluding carboxylic acids is 2. The number of rotatable bonds is 2. The Morgan fingerprint density at radius 3 is 2.64 bits per heavy atom. The molecule has 1 aliphatic rings. The second-order valence-electron chi connectivity index (χ2n) is 6.11. The molecule has 0 N–H and O–H groups in total. The predicted molar refractivity (Wildman–Crippen MR) is 95.4 cm³/mol. The van der Waals surface area contributed by atoms with Crippen molar-refractivity contribution < 1.29 is 14.0 Å². The zero-order chi connectivity index (χ0) is 18.1. The monoisotopic (exact) mass is 360 g/mol. The van der Waals surface area contributed by atoms with E-state index in [9.17, 15) is 14.0 Å². The summed E-state index contributed by atoms with van der Waals surface area (Å²) in [5.41, 5.74) is 1.94. The maximum absolute atomic E-state index is 13.4. The van der Waals surface area contributed by atoms with E-state index in [0.717, 1.165) is 11.3 Å². The highest BCUT2D eigenvalue weighted by Crippen LogP contribution is 2.27. The van der Waals surface area contributed by atoms with E-state index < -0.39 is 11.9 Å². The zero-order valence-corrected chi connectivity index (χ0v) is 14.8. The maximum atomic E-state index is 13.4. The molecule has 0 aliphatic carbocycles. The standard InChI is InChI=1S/C19H18ClFN2O2/c1-12-10-15(20)6-7-17(12)23-9-8-22(13(2)18(23)24)19(25)14-4-3-5-16(21)11-14/h3-7,10-11,13H,8-9H2,1-2H3. The Morgan fingerprint density at radius 1 is 1.20 bits per heavy atom. The summed E-state index contributed by atoms with van der Waals surface area (Å²) in [5.74, 6) is -0.977. The zero-order valence-electron chi connectivity index (χ0n) is 14.0. The van der Waals surface area contributed by atoms with Gasteiger partial charge in [-0.3, -0.25) is 9.59 Å². The number of nitrogens with zero attached hydrogens (tertiary/aromatic N) is 2.